The smallest absolute Gasteiger partial charge is 0.141 e. The second kappa shape index (κ2) is 7.71. The summed E-state index contributed by atoms with van der Waals surface area (Å²) in [5, 5.41) is 3.39. The van der Waals surface area contributed by atoms with E-state index < -0.39 is 0 Å². The minimum absolute atomic E-state index is 0.627. The Balaban J connectivity index is 2.23. The molecule has 112 valence electrons. The van der Waals surface area contributed by atoms with Gasteiger partial charge in [-0.3, -0.25) is 0 Å². The Labute approximate surface area is 141 Å². The molecular formula is C16H17Br2NO2. The molecule has 0 amide bonds. The lowest BCUT2D eigenvalue weighted by Crippen LogP contribution is -2.05. The van der Waals surface area contributed by atoms with Crippen LogP contribution < -0.4 is 14.8 Å². The van der Waals surface area contributed by atoms with Crippen LogP contribution in [0.5, 0.6) is 11.5 Å². The molecule has 2 aromatic carbocycles. The number of hydrogen-bond acceptors (Lipinski definition) is 3. The molecule has 0 aromatic heterocycles. The number of hydrogen-bond donors (Lipinski definition) is 1. The summed E-state index contributed by atoms with van der Waals surface area (Å²) in [6.07, 6.45) is 0. The fourth-order valence-electron chi connectivity index (χ4n) is 2.03. The first-order valence-electron chi connectivity index (χ1n) is 6.63. The molecule has 0 aliphatic rings. The molecule has 3 nitrogen and oxygen atoms in total. The molecule has 0 bridgehead atoms. The molecule has 0 unspecified atom stereocenters. The van der Waals surface area contributed by atoms with Crippen molar-refractivity contribution in [3.63, 3.8) is 0 Å². The van der Waals surface area contributed by atoms with Crippen LogP contribution in [0.25, 0.3) is 0 Å². The fraction of sp³-hybridized carbons (Fsp3) is 0.250. The number of benzene rings is 2. The standard InChI is InChI=1S/C16H17Br2NO2/c1-3-21-16-11(8-12(17)9-13(16)18)10-19-14-6-4-5-7-15(14)20-2/h4-9,19H,3,10H2,1-2H3. The van der Waals surface area contributed by atoms with Gasteiger partial charge in [0.2, 0.25) is 0 Å². The van der Waals surface area contributed by atoms with Crippen molar-refractivity contribution in [2.75, 3.05) is 19.0 Å². The fourth-order valence-corrected chi connectivity index (χ4v) is 3.46. The molecule has 0 aliphatic heterocycles. The molecule has 0 radical (unpaired) electrons. The number of rotatable bonds is 6. The minimum atomic E-state index is 0.627. The van der Waals surface area contributed by atoms with Gasteiger partial charge in [-0.2, -0.15) is 0 Å². The summed E-state index contributed by atoms with van der Waals surface area (Å²) in [4.78, 5) is 0. The average molecular weight is 415 g/mol. The molecule has 2 rings (SSSR count). The van der Waals surface area contributed by atoms with E-state index in [9.17, 15) is 0 Å². The van der Waals surface area contributed by atoms with E-state index >= 15 is 0 Å². The van der Waals surface area contributed by atoms with Gasteiger partial charge in [-0.25, -0.2) is 0 Å². The largest absolute Gasteiger partial charge is 0.495 e. The van der Waals surface area contributed by atoms with Crippen LogP contribution in [0, 0.1) is 0 Å². The first kappa shape index (κ1) is 16.2. The van der Waals surface area contributed by atoms with Crippen LogP contribution in [0.4, 0.5) is 5.69 Å². The van der Waals surface area contributed by atoms with Gasteiger partial charge in [0.1, 0.15) is 11.5 Å². The molecule has 0 saturated heterocycles. The normalized spacial score (nSPS) is 10.3. The second-order valence-electron chi connectivity index (χ2n) is 4.36. The quantitative estimate of drug-likeness (QED) is 0.701. The highest BCUT2D eigenvalue weighted by atomic mass is 79.9. The molecule has 21 heavy (non-hydrogen) atoms. The molecule has 0 saturated carbocycles. The maximum Gasteiger partial charge on any atom is 0.141 e. The van der Waals surface area contributed by atoms with Gasteiger partial charge in [0.05, 0.1) is 23.9 Å². The van der Waals surface area contributed by atoms with Gasteiger partial charge in [0, 0.05) is 16.6 Å². The van der Waals surface area contributed by atoms with Crippen molar-refractivity contribution < 1.29 is 9.47 Å². The van der Waals surface area contributed by atoms with E-state index in [-0.39, 0.29) is 0 Å². The Morgan fingerprint density at radius 2 is 1.90 bits per heavy atom. The van der Waals surface area contributed by atoms with Crippen LogP contribution in [0.2, 0.25) is 0 Å². The van der Waals surface area contributed by atoms with Crippen molar-refractivity contribution in [3.8, 4) is 11.5 Å². The first-order valence-corrected chi connectivity index (χ1v) is 8.22. The third-order valence-corrected chi connectivity index (χ3v) is 4.00. The monoisotopic (exact) mass is 413 g/mol. The van der Waals surface area contributed by atoms with Crippen molar-refractivity contribution in [3.05, 3.63) is 50.9 Å². The van der Waals surface area contributed by atoms with Gasteiger partial charge in [-0.05, 0) is 47.1 Å². The van der Waals surface area contributed by atoms with Gasteiger partial charge in [0.25, 0.3) is 0 Å². The molecular weight excluding hydrogens is 398 g/mol. The van der Waals surface area contributed by atoms with Crippen LogP contribution in [-0.4, -0.2) is 13.7 Å². The predicted molar refractivity (Wildman–Crippen MR) is 93.3 cm³/mol. The molecule has 5 heteroatoms. The summed E-state index contributed by atoms with van der Waals surface area (Å²) in [5.74, 6) is 1.69. The van der Waals surface area contributed by atoms with Crippen LogP contribution in [0.3, 0.4) is 0 Å². The van der Waals surface area contributed by atoms with E-state index in [1.54, 1.807) is 7.11 Å². The highest BCUT2D eigenvalue weighted by molar-refractivity contribution is 9.11. The number of anilines is 1. The maximum absolute atomic E-state index is 5.73. The lowest BCUT2D eigenvalue weighted by atomic mass is 10.2. The van der Waals surface area contributed by atoms with Crippen molar-refractivity contribution in [2.45, 2.75) is 13.5 Å². The minimum Gasteiger partial charge on any atom is -0.495 e. The van der Waals surface area contributed by atoms with Crippen molar-refractivity contribution in [2.24, 2.45) is 0 Å². The number of para-hydroxylation sites is 2. The lowest BCUT2D eigenvalue weighted by Gasteiger charge is -2.15. The van der Waals surface area contributed by atoms with E-state index in [1.807, 2.05) is 37.3 Å². The number of ether oxygens (including phenoxy) is 2. The summed E-state index contributed by atoms with van der Waals surface area (Å²) in [6.45, 7) is 3.25. The number of nitrogens with one attached hydrogen (secondary N) is 1. The van der Waals surface area contributed by atoms with E-state index in [2.05, 4.69) is 43.2 Å². The highest BCUT2D eigenvalue weighted by Gasteiger charge is 2.10. The highest BCUT2D eigenvalue weighted by Crippen LogP contribution is 2.34. The van der Waals surface area contributed by atoms with Crippen molar-refractivity contribution in [1.29, 1.82) is 0 Å². The Kier molecular flexibility index (Phi) is 5.94. The second-order valence-corrected chi connectivity index (χ2v) is 6.13. The molecule has 0 aliphatic carbocycles. The third kappa shape index (κ3) is 4.14. The Morgan fingerprint density at radius 1 is 1.14 bits per heavy atom. The van der Waals surface area contributed by atoms with Gasteiger partial charge >= 0.3 is 0 Å². The van der Waals surface area contributed by atoms with Gasteiger partial charge < -0.3 is 14.8 Å². The van der Waals surface area contributed by atoms with Crippen molar-refractivity contribution >= 4 is 37.5 Å². The average Bonchev–Trinajstić information content (AvgIpc) is 2.48. The number of halogens is 2. The zero-order valence-electron chi connectivity index (χ0n) is 12.0. The van der Waals surface area contributed by atoms with E-state index in [4.69, 9.17) is 9.47 Å². The van der Waals surface area contributed by atoms with Crippen LogP contribution in [0.1, 0.15) is 12.5 Å². The number of methoxy groups -OCH3 is 1. The summed E-state index contributed by atoms with van der Waals surface area (Å²) < 4.78 is 13.0. The molecule has 0 heterocycles. The molecule has 2 aromatic rings. The Bertz CT molecular complexity index is 617. The topological polar surface area (TPSA) is 30.5 Å². The van der Waals surface area contributed by atoms with E-state index in [1.165, 1.54) is 0 Å². The summed E-state index contributed by atoms with van der Waals surface area (Å²) in [5.41, 5.74) is 2.03. The Morgan fingerprint density at radius 3 is 2.62 bits per heavy atom. The van der Waals surface area contributed by atoms with Gasteiger partial charge in [-0.15, -0.1) is 0 Å². The van der Waals surface area contributed by atoms with Crippen LogP contribution in [0.15, 0.2) is 45.3 Å². The molecule has 1 N–H and O–H groups in total. The Hall–Kier alpha value is -1.20. The van der Waals surface area contributed by atoms with Crippen LogP contribution >= 0.6 is 31.9 Å². The molecule has 0 fully saturated rings. The summed E-state index contributed by atoms with van der Waals surface area (Å²) >= 11 is 7.06. The van der Waals surface area contributed by atoms with Gasteiger partial charge in [0.15, 0.2) is 0 Å². The van der Waals surface area contributed by atoms with Gasteiger partial charge in [-0.1, -0.05) is 28.1 Å². The van der Waals surface area contributed by atoms with Crippen molar-refractivity contribution in [1.82, 2.24) is 0 Å². The zero-order valence-corrected chi connectivity index (χ0v) is 15.1. The predicted octanol–water partition coefficient (Wildman–Crippen LogP) is 5.23. The summed E-state index contributed by atoms with van der Waals surface area (Å²) in [7, 11) is 1.67. The summed E-state index contributed by atoms with van der Waals surface area (Å²) in [6, 6.07) is 11.9. The molecule has 0 spiro atoms. The maximum atomic E-state index is 5.73. The first-order chi connectivity index (χ1) is 10.2. The van der Waals surface area contributed by atoms with Crippen LogP contribution in [-0.2, 0) is 6.54 Å². The lowest BCUT2D eigenvalue weighted by molar-refractivity contribution is 0.334. The van der Waals surface area contributed by atoms with E-state index in [0.717, 1.165) is 31.7 Å². The SMILES string of the molecule is CCOc1c(Br)cc(Br)cc1CNc1ccccc1OC. The zero-order chi connectivity index (χ0) is 15.2. The van der Waals surface area contributed by atoms with E-state index in [0.29, 0.717) is 13.2 Å². The molecule has 0 atom stereocenters. The third-order valence-electron chi connectivity index (χ3n) is 2.95.